The Morgan fingerprint density at radius 2 is 1.60 bits per heavy atom. The molecule has 1 heteroatoms. The van der Waals surface area contributed by atoms with E-state index in [2.05, 4.69) is 56.3 Å². The Labute approximate surface area is 119 Å². The summed E-state index contributed by atoms with van der Waals surface area (Å²) in [5, 5.41) is 1.39. The fourth-order valence-electron chi connectivity index (χ4n) is 3.40. The van der Waals surface area contributed by atoms with E-state index in [9.17, 15) is 0 Å². The zero-order valence-corrected chi connectivity index (χ0v) is 11.9. The Morgan fingerprint density at radius 3 is 2.40 bits per heavy atom. The SMILES string of the molecule is Cc1cc(C)cc(-c2cc3c4c(cccc4n2)CC3)c1. The minimum absolute atomic E-state index is 1.11. The fraction of sp³-hybridized carbons (Fsp3) is 0.211. The van der Waals surface area contributed by atoms with Crippen LogP contribution in [-0.2, 0) is 12.8 Å². The van der Waals surface area contributed by atoms with E-state index < -0.39 is 0 Å². The van der Waals surface area contributed by atoms with Crippen molar-refractivity contribution in [2.45, 2.75) is 26.7 Å². The number of pyridine rings is 1. The van der Waals surface area contributed by atoms with E-state index in [1.54, 1.807) is 0 Å². The van der Waals surface area contributed by atoms with Gasteiger partial charge in [0.1, 0.15) is 0 Å². The number of aryl methyl sites for hydroxylation is 4. The second kappa shape index (κ2) is 4.17. The topological polar surface area (TPSA) is 12.9 Å². The van der Waals surface area contributed by atoms with E-state index in [0.717, 1.165) is 24.1 Å². The molecule has 1 heterocycles. The fourth-order valence-corrected chi connectivity index (χ4v) is 3.40. The first kappa shape index (κ1) is 11.7. The van der Waals surface area contributed by atoms with Crippen molar-refractivity contribution in [3.05, 3.63) is 64.7 Å². The summed E-state index contributed by atoms with van der Waals surface area (Å²) in [6.45, 7) is 4.29. The van der Waals surface area contributed by atoms with Gasteiger partial charge in [-0.1, -0.05) is 29.3 Å². The second-order valence-corrected chi connectivity index (χ2v) is 5.85. The molecule has 0 unspecified atom stereocenters. The first-order valence-electron chi connectivity index (χ1n) is 7.21. The molecule has 0 bridgehead atoms. The van der Waals surface area contributed by atoms with Gasteiger partial charge in [-0.15, -0.1) is 0 Å². The van der Waals surface area contributed by atoms with Gasteiger partial charge < -0.3 is 0 Å². The lowest BCUT2D eigenvalue weighted by molar-refractivity contribution is 1.02. The Hall–Kier alpha value is -2.15. The average Bonchev–Trinajstić information content (AvgIpc) is 2.83. The molecule has 0 amide bonds. The van der Waals surface area contributed by atoms with Crippen molar-refractivity contribution < 1.29 is 0 Å². The lowest BCUT2D eigenvalue weighted by Crippen LogP contribution is -1.90. The largest absolute Gasteiger partial charge is 0.248 e. The number of hydrogen-bond acceptors (Lipinski definition) is 1. The predicted octanol–water partition coefficient (Wildman–Crippen LogP) is 4.62. The van der Waals surface area contributed by atoms with Gasteiger partial charge in [0.25, 0.3) is 0 Å². The van der Waals surface area contributed by atoms with E-state index in [0.29, 0.717) is 0 Å². The van der Waals surface area contributed by atoms with E-state index in [1.165, 1.54) is 33.2 Å². The van der Waals surface area contributed by atoms with Gasteiger partial charge in [0.05, 0.1) is 11.2 Å². The maximum atomic E-state index is 4.89. The van der Waals surface area contributed by atoms with E-state index in [1.807, 2.05) is 0 Å². The van der Waals surface area contributed by atoms with Gasteiger partial charge in [-0.25, -0.2) is 4.98 Å². The molecule has 1 nitrogen and oxygen atoms in total. The van der Waals surface area contributed by atoms with Crippen LogP contribution < -0.4 is 0 Å². The highest BCUT2D eigenvalue weighted by molar-refractivity contribution is 5.90. The molecule has 0 N–H and O–H groups in total. The van der Waals surface area contributed by atoms with Crippen molar-refractivity contribution in [3.63, 3.8) is 0 Å². The molecule has 20 heavy (non-hydrogen) atoms. The van der Waals surface area contributed by atoms with Gasteiger partial charge in [0.15, 0.2) is 0 Å². The lowest BCUT2D eigenvalue weighted by Gasteiger charge is -2.08. The highest BCUT2D eigenvalue weighted by Gasteiger charge is 2.16. The molecule has 1 aliphatic carbocycles. The van der Waals surface area contributed by atoms with Crippen molar-refractivity contribution in [2.75, 3.05) is 0 Å². The van der Waals surface area contributed by atoms with Crippen LogP contribution in [0, 0.1) is 13.8 Å². The van der Waals surface area contributed by atoms with Crippen molar-refractivity contribution in [1.82, 2.24) is 4.98 Å². The number of rotatable bonds is 1. The van der Waals surface area contributed by atoms with Crippen molar-refractivity contribution in [3.8, 4) is 11.3 Å². The third-order valence-electron chi connectivity index (χ3n) is 4.18. The Balaban J connectivity index is 1.99. The molecule has 2 aromatic carbocycles. The average molecular weight is 259 g/mol. The van der Waals surface area contributed by atoms with Gasteiger partial charge in [0, 0.05) is 10.9 Å². The van der Waals surface area contributed by atoms with Crippen molar-refractivity contribution in [1.29, 1.82) is 0 Å². The maximum Gasteiger partial charge on any atom is 0.0715 e. The minimum atomic E-state index is 1.11. The van der Waals surface area contributed by atoms with Crippen molar-refractivity contribution >= 4 is 10.9 Å². The molecule has 3 aromatic rings. The zero-order chi connectivity index (χ0) is 13.7. The van der Waals surface area contributed by atoms with Crippen LogP contribution in [0.1, 0.15) is 22.3 Å². The lowest BCUT2D eigenvalue weighted by atomic mass is 10.0. The first-order valence-corrected chi connectivity index (χ1v) is 7.21. The van der Waals surface area contributed by atoms with Gasteiger partial charge in [-0.2, -0.15) is 0 Å². The molecule has 4 rings (SSSR count). The molecule has 1 aromatic heterocycles. The van der Waals surface area contributed by atoms with Crippen LogP contribution in [0.2, 0.25) is 0 Å². The molecular weight excluding hydrogens is 242 g/mol. The molecule has 0 fully saturated rings. The van der Waals surface area contributed by atoms with E-state index in [-0.39, 0.29) is 0 Å². The van der Waals surface area contributed by atoms with Crippen LogP contribution in [0.25, 0.3) is 22.2 Å². The summed E-state index contributed by atoms with van der Waals surface area (Å²) in [5.74, 6) is 0. The molecule has 0 saturated carbocycles. The Kier molecular flexibility index (Phi) is 2.43. The number of benzene rings is 2. The Bertz CT molecular complexity index is 810. The van der Waals surface area contributed by atoms with Crippen LogP contribution in [0.3, 0.4) is 0 Å². The highest BCUT2D eigenvalue weighted by Crippen LogP contribution is 2.33. The molecule has 98 valence electrons. The maximum absolute atomic E-state index is 4.89. The number of aromatic nitrogens is 1. The summed E-state index contributed by atoms with van der Waals surface area (Å²) in [7, 11) is 0. The Morgan fingerprint density at radius 1 is 0.850 bits per heavy atom. The quantitative estimate of drug-likeness (QED) is 0.621. The monoisotopic (exact) mass is 259 g/mol. The first-order chi connectivity index (χ1) is 9.70. The third kappa shape index (κ3) is 1.74. The van der Waals surface area contributed by atoms with Crippen LogP contribution in [0.5, 0.6) is 0 Å². The summed E-state index contributed by atoms with van der Waals surface area (Å²) in [5.41, 5.74) is 9.00. The summed E-state index contributed by atoms with van der Waals surface area (Å²) in [6.07, 6.45) is 2.31. The molecular formula is C19H17N. The van der Waals surface area contributed by atoms with Crippen LogP contribution in [-0.4, -0.2) is 4.98 Å². The zero-order valence-electron chi connectivity index (χ0n) is 11.9. The van der Waals surface area contributed by atoms with Gasteiger partial charge >= 0.3 is 0 Å². The summed E-state index contributed by atoms with van der Waals surface area (Å²) in [4.78, 5) is 4.89. The molecule has 0 spiro atoms. The summed E-state index contributed by atoms with van der Waals surface area (Å²) < 4.78 is 0. The molecule has 1 aliphatic rings. The standard InChI is InChI=1S/C19H17N/c1-12-8-13(2)10-16(9-12)18-11-15-7-6-14-4-3-5-17(20-18)19(14)15/h3-5,8-11H,6-7H2,1-2H3. The molecule has 0 saturated heterocycles. The summed E-state index contributed by atoms with van der Waals surface area (Å²) >= 11 is 0. The molecule has 0 radical (unpaired) electrons. The number of nitrogens with zero attached hydrogens (tertiary/aromatic N) is 1. The molecule has 0 atom stereocenters. The van der Waals surface area contributed by atoms with Gasteiger partial charge in [0.2, 0.25) is 0 Å². The minimum Gasteiger partial charge on any atom is -0.248 e. The van der Waals surface area contributed by atoms with Crippen LogP contribution >= 0.6 is 0 Å². The van der Waals surface area contributed by atoms with Crippen LogP contribution in [0.4, 0.5) is 0 Å². The second-order valence-electron chi connectivity index (χ2n) is 5.85. The van der Waals surface area contributed by atoms with Crippen LogP contribution in [0.15, 0.2) is 42.5 Å². The third-order valence-corrected chi connectivity index (χ3v) is 4.18. The summed E-state index contributed by atoms with van der Waals surface area (Å²) in [6, 6.07) is 15.5. The van der Waals surface area contributed by atoms with Gasteiger partial charge in [-0.05, 0) is 62.1 Å². The van der Waals surface area contributed by atoms with E-state index >= 15 is 0 Å². The highest BCUT2D eigenvalue weighted by atomic mass is 14.7. The van der Waals surface area contributed by atoms with Crippen molar-refractivity contribution in [2.24, 2.45) is 0 Å². The normalized spacial score (nSPS) is 13.1. The molecule has 0 aliphatic heterocycles. The smallest absolute Gasteiger partial charge is 0.0715 e. The van der Waals surface area contributed by atoms with Gasteiger partial charge in [-0.3, -0.25) is 0 Å². The number of hydrogen-bond donors (Lipinski definition) is 0. The predicted molar refractivity (Wildman–Crippen MR) is 84.1 cm³/mol. The van der Waals surface area contributed by atoms with E-state index in [4.69, 9.17) is 4.98 Å².